The topological polar surface area (TPSA) is 115 Å². The molecule has 1 aliphatic rings. The smallest absolute Gasteiger partial charge is 0.277 e. The fourth-order valence-corrected chi connectivity index (χ4v) is 3.61. The first-order chi connectivity index (χ1) is 14.4. The predicted molar refractivity (Wildman–Crippen MR) is 108 cm³/mol. The van der Waals surface area contributed by atoms with E-state index in [0.717, 1.165) is 18.4 Å². The molecule has 0 radical (unpaired) electrons. The molecule has 10 nitrogen and oxygen atoms in total. The van der Waals surface area contributed by atoms with Gasteiger partial charge in [-0.3, -0.25) is 9.48 Å². The summed E-state index contributed by atoms with van der Waals surface area (Å²) in [7, 11) is 0. The number of aliphatic hydroxyl groups is 1. The van der Waals surface area contributed by atoms with Crippen molar-refractivity contribution in [3.05, 3.63) is 61.1 Å². The Morgan fingerprint density at radius 1 is 1.17 bits per heavy atom. The number of hydrogen-bond acceptors (Lipinski definition) is 7. The third-order valence-corrected chi connectivity index (χ3v) is 5.31. The summed E-state index contributed by atoms with van der Waals surface area (Å²) in [4.78, 5) is 25.0. The number of carbonyl (C=O) groups is 1. The van der Waals surface area contributed by atoms with Crippen molar-refractivity contribution in [2.24, 2.45) is 0 Å². The van der Waals surface area contributed by atoms with E-state index in [9.17, 15) is 9.90 Å². The van der Waals surface area contributed by atoms with Crippen LogP contribution in [0.4, 0.5) is 0 Å². The second kappa shape index (κ2) is 7.79. The molecular weight excluding hydrogens is 384 g/mol. The summed E-state index contributed by atoms with van der Waals surface area (Å²) in [5.41, 5.74) is -0.0665. The highest BCUT2D eigenvalue weighted by atomic mass is 16.3. The Hall–Kier alpha value is -3.40. The number of piperidine rings is 1. The second-order valence-electron chi connectivity index (χ2n) is 7.81. The molecule has 0 saturated carbocycles. The minimum Gasteiger partial charge on any atom is -0.386 e. The van der Waals surface area contributed by atoms with E-state index in [-0.39, 0.29) is 29.5 Å². The molecule has 1 fully saturated rings. The van der Waals surface area contributed by atoms with Gasteiger partial charge in [-0.05, 0) is 26.7 Å². The molecule has 0 bridgehead atoms. The molecule has 1 amide bonds. The van der Waals surface area contributed by atoms with Crippen molar-refractivity contribution in [3.63, 3.8) is 0 Å². The molecule has 0 unspecified atom stereocenters. The number of likely N-dealkylation sites (tertiary alicyclic amines) is 1. The Kier molecular flexibility index (Phi) is 5.17. The monoisotopic (exact) mass is 408 g/mol. The summed E-state index contributed by atoms with van der Waals surface area (Å²) >= 11 is 0. The Labute approximate surface area is 173 Å². The van der Waals surface area contributed by atoms with Crippen LogP contribution in [0.1, 0.15) is 48.8 Å². The average Bonchev–Trinajstić information content (AvgIpc) is 3.44. The average molecular weight is 408 g/mol. The second-order valence-corrected chi connectivity index (χ2v) is 7.81. The van der Waals surface area contributed by atoms with Gasteiger partial charge in [0.2, 0.25) is 5.82 Å². The van der Waals surface area contributed by atoms with Crippen molar-refractivity contribution in [2.75, 3.05) is 6.54 Å². The molecule has 30 heavy (non-hydrogen) atoms. The summed E-state index contributed by atoms with van der Waals surface area (Å²) < 4.78 is 1.82. The van der Waals surface area contributed by atoms with Crippen LogP contribution in [0.2, 0.25) is 0 Å². The lowest BCUT2D eigenvalue weighted by molar-refractivity contribution is 0.0586. The molecule has 0 aromatic carbocycles. The summed E-state index contributed by atoms with van der Waals surface area (Å²) in [6.45, 7) is 7.78. The van der Waals surface area contributed by atoms with Crippen LogP contribution in [-0.2, 0) is 5.60 Å². The number of aromatic nitrogens is 7. The molecule has 156 valence electrons. The van der Waals surface area contributed by atoms with Crippen molar-refractivity contribution in [1.29, 1.82) is 0 Å². The predicted octanol–water partition coefficient (Wildman–Crippen LogP) is 1.51. The number of carbonyl (C=O) groups excluding carboxylic acids is 1. The first kappa shape index (κ1) is 19.9. The Bertz CT molecular complexity index is 1040. The van der Waals surface area contributed by atoms with Crippen LogP contribution in [0, 0.1) is 0 Å². The quantitative estimate of drug-likeness (QED) is 0.636. The number of nitrogens with zero attached hydrogens (tertiary/aromatic N) is 8. The van der Waals surface area contributed by atoms with E-state index in [4.69, 9.17) is 0 Å². The highest BCUT2D eigenvalue weighted by Gasteiger charge is 2.34. The lowest BCUT2D eigenvalue weighted by Gasteiger charge is -2.38. The molecule has 0 spiro atoms. The minimum atomic E-state index is -0.975. The van der Waals surface area contributed by atoms with Crippen molar-refractivity contribution in [3.8, 4) is 5.82 Å². The van der Waals surface area contributed by atoms with Crippen LogP contribution in [0.25, 0.3) is 5.82 Å². The van der Waals surface area contributed by atoms with Gasteiger partial charge in [-0.15, -0.1) is 11.4 Å². The van der Waals surface area contributed by atoms with Crippen LogP contribution in [0.3, 0.4) is 0 Å². The largest absolute Gasteiger partial charge is 0.386 e. The maximum Gasteiger partial charge on any atom is 0.277 e. The van der Waals surface area contributed by atoms with Gasteiger partial charge in [-0.25, -0.2) is 9.97 Å². The number of rotatable bonds is 5. The van der Waals surface area contributed by atoms with Gasteiger partial charge in [0.05, 0.1) is 36.3 Å². The standard InChI is InChI=1S/C20H24N8O2/c1-4-15-5-6-16(27-12-14(11-25-27)20(2,3)30)13-26(15)19(29)17-18(22-8-7-21-17)28-23-9-10-24-28/h4,7-12,15-16,30H,1,5-6,13H2,2-3H3/t15-,16-/m1/s1. The molecule has 2 atom stereocenters. The molecule has 1 aliphatic heterocycles. The van der Waals surface area contributed by atoms with Gasteiger partial charge >= 0.3 is 0 Å². The summed E-state index contributed by atoms with van der Waals surface area (Å²) in [5.74, 6) is 0.0145. The molecule has 1 N–H and O–H groups in total. The fraction of sp³-hybridized carbons (Fsp3) is 0.400. The maximum atomic E-state index is 13.5. The van der Waals surface area contributed by atoms with E-state index in [0.29, 0.717) is 6.54 Å². The number of amides is 1. The highest BCUT2D eigenvalue weighted by Crippen LogP contribution is 2.29. The Morgan fingerprint density at radius 2 is 1.90 bits per heavy atom. The van der Waals surface area contributed by atoms with Crippen LogP contribution in [0.5, 0.6) is 0 Å². The van der Waals surface area contributed by atoms with E-state index in [1.54, 1.807) is 31.0 Å². The van der Waals surface area contributed by atoms with Crippen LogP contribution in [-0.4, -0.2) is 63.2 Å². The van der Waals surface area contributed by atoms with Gasteiger partial charge in [0.1, 0.15) is 0 Å². The van der Waals surface area contributed by atoms with Gasteiger partial charge in [0.15, 0.2) is 5.69 Å². The zero-order valence-corrected chi connectivity index (χ0v) is 17.0. The third kappa shape index (κ3) is 3.73. The van der Waals surface area contributed by atoms with Crippen molar-refractivity contribution < 1.29 is 9.90 Å². The lowest BCUT2D eigenvalue weighted by atomic mass is 9.97. The SMILES string of the molecule is C=C[C@@H]1CC[C@@H](n2cc(C(C)(C)O)cn2)CN1C(=O)c1nccnc1-n1nccn1. The fourth-order valence-electron chi connectivity index (χ4n) is 3.61. The third-order valence-electron chi connectivity index (χ3n) is 5.31. The van der Waals surface area contributed by atoms with Crippen LogP contribution < -0.4 is 0 Å². The molecule has 10 heteroatoms. The molecule has 4 heterocycles. The van der Waals surface area contributed by atoms with Gasteiger partial charge in [-0.2, -0.15) is 15.3 Å². The summed E-state index contributed by atoms with van der Waals surface area (Å²) in [6.07, 6.45) is 12.9. The Balaban J connectivity index is 1.63. The van der Waals surface area contributed by atoms with Crippen LogP contribution in [0.15, 0.2) is 49.8 Å². The van der Waals surface area contributed by atoms with Gasteiger partial charge < -0.3 is 10.0 Å². The number of hydrogen-bond donors (Lipinski definition) is 1. The van der Waals surface area contributed by atoms with Crippen LogP contribution >= 0.6 is 0 Å². The van der Waals surface area contributed by atoms with Crippen molar-refractivity contribution in [1.82, 2.24) is 39.6 Å². The molecular formula is C20H24N8O2. The van der Waals surface area contributed by atoms with Gasteiger partial charge in [-0.1, -0.05) is 6.08 Å². The van der Waals surface area contributed by atoms with E-state index in [1.165, 1.54) is 29.6 Å². The van der Waals surface area contributed by atoms with Gasteiger partial charge in [0.25, 0.3) is 5.91 Å². The summed E-state index contributed by atoms with van der Waals surface area (Å²) in [6, 6.07) is -0.150. The minimum absolute atomic E-state index is 0.0239. The molecule has 0 aliphatic carbocycles. The van der Waals surface area contributed by atoms with E-state index in [2.05, 4.69) is 31.8 Å². The normalized spacial score (nSPS) is 19.6. The zero-order valence-electron chi connectivity index (χ0n) is 17.0. The Morgan fingerprint density at radius 3 is 2.57 bits per heavy atom. The van der Waals surface area contributed by atoms with Gasteiger partial charge in [0, 0.05) is 30.7 Å². The molecule has 4 rings (SSSR count). The van der Waals surface area contributed by atoms with Crippen molar-refractivity contribution >= 4 is 5.91 Å². The molecule has 1 saturated heterocycles. The zero-order chi connectivity index (χ0) is 21.3. The first-order valence-corrected chi connectivity index (χ1v) is 9.76. The highest BCUT2D eigenvalue weighted by molar-refractivity contribution is 5.95. The molecule has 3 aromatic heterocycles. The van der Waals surface area contributed by atoms with Crippen molar-refractivity contribution in [2.45, 2.75) is 44.4 Å². The van der Waals surface area contributed by atoms with E-state index < -0.39 is 5.60 Å². The summed E-state index contributed by atoms with van der Waals surface area (Å²) in [5, 5.41) is 22.8. The molecule has 3 aromatic rings. The maximum absolute atomic E-state index is 13.5. The van der Waals surface area contributed by atoms with E-state index in [1.807, 2.05) is 10.9 Å². The lowest BCUT2D eigenvalue weighted by Crippen LogP contribution is -2.47. The first-order valence-electron chi connectivity index (χ1n) is 9.76. The van der Waals surface area contributed by atoms with E-state index >= 15 is 0 Å².